The van der Waals surface area contributed by atoms with Gasteiger partial charge in [-0.1, -0.05) is 24.4 Å². The maximum atomic E-state index is 12.6. The number of carbonyl (C=O) groups is 2. The van der Waals surface area contributed by atoms with Crippen molar-refractivity contribution >= 4 is 34.9 Å². The number of esters is 1. The van der Waals surface area contributed by atoms with Crippen molar-refractivity contribution in [1.29, 1.82) is 0 Å². The summed E-state index contributed by atoms with van der Waals surface area (Å²) >= 11 is 6.04. The molecule has 9 heteroatoms. The number of hydrogen-bond donors (Lipinski definition) is 1. The number of rotatable bonds is 5. The van der Waals surface area contributed by atoms with Crippen LogP contribution in [0.2, 0.25) is 5.02 Å². The minimum absolute atomic E-state index is 0.0499. The first kappa shape index (κ1) is 19.6. The van der Waals surface area contributed by atoms with Gasteiger partial charge in [0.05, 0.1) is 29.3 Å². The molecule has 3 rings (SSSR count). The molecule has 1 saturated heterocycles. The molecule has 1 saturated carbocycles. The summed E-state index contributed by atoms with van der Waals surface area (Å²) in [6.45, 7) is 0.0499. The number of nitrogens with one attached hydrogen (secondary N) is 1. The zero-order chi connectivity index (χ0) is 19.6. The molecule has 2 aliphatic rings. The van der Waals surface area contributed by atoms with Gasteiger partial charge in [0.2, 0.25) is 5.91 Å². The second-order valence-corrected chi connectivity index (χ2v) is 7.44. The molecule has 0 unspecified atom stereocenters. The Kier molecular flexibility index (Phi) is 5.96. The molecule has 1 aliphatic heterocycles. The van der Waals surface area contributed by atoms with Crippen molar-refractivity contribution in [1.82, 2.24) is 4.90 Å². The van der Waals surface area contributed by atoms with Gasteiger partial charge in [-0.2, -0.15) is 0 Å². The third kappa shape index (κ3) is 4.22. The predicted octanol–water partition coefficient (Wildman–Crippen LogP) is 2.99. The largest absolute Gasteiger partial charge is 0.468 e. The van der Waals surface area contributed by atoms with E-state index in [-0.39, 0.29) is 35.2 Å². The highest BCUT2D eigenvalue weighted by molar-refractivity contribution is 6.34. The Bertz CT molecular complexity index is 757. The number of nitro benzene ring substituents is 1. The number of halogens is 1. The van der Waals surface area contributed by atoms with Crippen LogP contribution in [-0.4, -0.2) is 47.4 Å². The molecule has 0 aromatic heterocycles. The highest BCUT2D eigenvalue weighted by Crippen LogP contribution is 2.40. The Labute approximate surface area is 162 Å². The van der Waals surface area contributed by atoms with Crippen LogP contribution in [0.1, 0.15) is 32.1 Å². The Morgan fingerprint density at radius 2 is 2.11 bits per heavy atom. The summed E-state index contributed by atoms with van der Waals surface area (Å²) in [5.41, 5.74) is 0.162. The summed E-state index contributed by atoms with van der Waals surface area (Å²) in [7, 11) is 1.36. The van der Waals surface area contributed by atoms with Crippen LogP contribution in [-0.2, 0) is 14.3 Å². The Balaban J connectivity index is 1.71. The Morgan fingerprint density at radius 1 is 1.37 bits per heavy atom. The van der Waals surface area contributed by atoms with Crippen LogP contribution < -0.4 is 5.32 Å². The number of non-ortho nitro benzene ring substituents is 1. The summed E-state index contributed by atoms with van der Waals surface area (Å²) in [5, 5.41) is 13.6. The average Bonchev–Trinajstić information content (AvgIpc) is 3.01. The van der Waals surface area contributed by atoms with Gasteiger partial charge < -0.3 is 10.1 Å². The van der Waals surface area contributed by atoms with E-state index >= 15 is 0 Å². The van der Waals surface area contributed by atoms with Crippen molar-refractivity contribution in [2.75, 3.05) is 19.0 Å². The molecule has 3 atom stereocenters. The SMILES string of the molecule is COC(=O)[C@H]1C[C@@H]2CCCC[C@@H]2N1CC(=O)Nc1ccc([N+](=O)[O-])cc1Cl. The van der Waals surface area contributed by atoms with E-state index < -0.39 is 11.0 Å². The number of amides is 1. The van der Waals surface area contributed by atoms with Gasteiger partial charge in [0.1, 0.15) is 6.04 Å². The van der Waals surface area contributed by atoms with Crippen molar-refractivity contribution in [2.45, 2.75) is 44.2 Å². The standard InChI is InChI=1S/C18H22ClN3O5/c1-27-18(24)16-8-11-4-2-3-5-15(11)21(16)10-17(23)20-14-7-6-12(22(25)26)9-13(14)19/h6-7,9,11,15-16H,2-5,8,10H2,1H3,(H,20,23)/t11-,15-,16+/m0/s1. The number of hydrogen-bond acceptors (Lipinski definition) is 6. The highest BCUT2D eigenvalue weighted by Gasteiger charge is 2.46. The number of nitro groups is 1. The van der Waals surface area contributed by atoms with Gasteiger partial charge in [-0.05, 0) is 31.2 Å². The van der Waals surface area contributed by atoms with E-state index in [1.54, 1.807) is 0 Å². The molecule has 146 valence electrons. The maximum Gasteiger partial charge on any atom is 0.323 e. The molecule has 2 fully saturated rings. The summed E-state index contributed by atoms with van der Waals surface area (Å²) in [5.74, 6) is -0.227. The molecule has 0 radical (unpaired) electrons. The molecule has 27 heavy (non-hydrogen) atoms. The number of methoxy groups -OCH3 is 1. The van der Waals surface area contributed by atoms with Crippen LogP contribution >= 0.6 is 11.6 Å². The smallest absolute Gasteiger partial charge is 0.323 e. The van der Waals surface area contributed by atoms with Gasteiger partial charge in [-0.15, -0.1) is 0 Å². The minimum Gasteiger partial charge on any atom is -0.468 e. The molecule has 1 aromatic carbocycles. The first-order valence-corrected chi connectivity index (χ1v) is 9.36. The highest BCUT2D eigenvalue weighted by atomic mass is 35.5. The Morgan fingerprint density at radius 3 is 2.78 bits per heavy atom. The third-order valence-corrected chi connectivity index (χ3v) is 5.77. The topological polar surface area (TPSA) is 102 Å². The molecular weight excluding hydrogens is 374 g/mol. The van der Waals surface area contributed by atoms with Crippen molar-refractivity contribution < 1.29 is 19.2 Å². The lowest BCUT2D eigenvalue weighted by Crippen LogP contribution is -2.46. The molecule has 0 spiro atoms. The second-order valence-electron chi connectivity index (χ2n) is 7.03. The van der Waals surface area contributed by atoms with Crippen molar-refractivity contribution in [2.24, 2.45) is 5.92 Å². The number of ether oxygens (including phenoxy) is 1. The number of fused-ring (bicyclic) bond motifs is 1. The number of carbonyl (C=O) groups excluding carboxylic acids is 2. The van der Waals surface area contributed by atoms with E-state index in [1.807, 2.05) is 4.90 Å². The number of nitrogens with zero attached hydrogens (tertiary/aromatic N) is 2. The fraction of sp³-hybridized carbons (Fsp3) is 0.556. The second kappa shape index (κ2) is 8.22. The molecule has 8 nitrogen and oxygen atoms in total. The van der Waals surface area contributed by atoms with Crippen LogP contribution in [0.4, 0.5) is 11.4 Å². The van der Waals surface area contributed by atoms with Gasteiger partial charge >= 0.3 is 5.97 Å². The summed E-state index contributed by atoms with van der Waals surface area (Å²) in [6.07, 6.45) is 4.96. The van der Waals surface area contributed by atoms with Gasteiger partial charge in [0.25, 0.3) is 5.69 Å². The predicted molar refractivity (Wildman–Crippen MR) is 99.6 cm³/mol. The number of benzene rings is 1. The molecule has 1 aromatic rings. The lowest BCUT2D eigenvalue weighted by Gasteiger charge is -2.32. The van der Waals surface area contributed by atoms with Crippen LogP contribution in [0.15, 0.2) is 18.2 Å². The van der Waals surface area contributed by atoms with Gasteiger partial charge in [-0.3, -0.25) is 24.6 Å². The van der Waals surface area contributed by atoms with Crippen molar-refractivity contribution in [3.8, 4) is 0 Å². The van der Waals surface area contributed by atoms with Crippen molar-refractivity contribution in [3.63, 3.8) is 0 Å². The Hall–Kier alpha value is -2.19. The zero-order valence-corrected chi connectivity index (χ0v) is 15.8. The molecule has 1 heterocycles. The van der Waals surface area contributed by atoms with Crippen molar-refractivity contribution in [3.05, 3.63) is 33.3 Å². The lowest BCUT2D eigenvalue weighted by molar-refractivity contribution is -0.384. The van der Waals surface area contributed by atoms with E-state index in [4.69, 9.17) is 16.3 Å². The fourth-order valence-electron chi connectivity index (χ4n) is 4.22. The molecule has 0 bridgehead atoms. The summed E-state index contributed by atoms with van der Waals surface area (Å²) in [6, 6.07) is 3.67. The van der Waals surface area contributed by atoms with E-state index in [0.29, 0.717) is 18.0 Å². The third-order valence-electron chi connectivity index (χ3n) is 5.46. The number of likely N-dealkylation sites (tertiary alicyclic amines) is 1. The minimum atomic E-state index is -0.550. The fourth-order valence-corrected chi connectivity index (χ4v) is 4.44. The zero-order valence-electron chi connectivity index (χ0n) is 15.0. The van der Waals surface area contributed by atoms with Gasteiger partial charge in [0, 0.05) is 18.2 Å². The molecule has 1 aliphatic carbocycles. The van der Waals surface area contributed by atoms with E-state index in [2.05, 4.69) is 5.32 Å². The van der Waals surface area contributed by atoms with E-state index in [9.17, 15) is 19.7 Å². The normalized spacial score (nSPS) is 24.9. The summed E-state index contributed by atoms with van der Waals surface area (Å²) < 4.78 is 4.93. The van der Waals surface area contributed by atoms with Crippen LogP contribution in [0.3, 0.4) is 0 Å². The first-order chi connectivity index (χ1) is 12.9. The van der Waals surface area contributed by atoms with Gasteiger partial charge in [0.15, 0.2) is 0 Å². The first-order valence-electron chi connectivity index (χ1n) is 8.98. The average molecular weight is 396 g/mol. The quantitative estimate of drug-likeness (QED) is 0.467. The van der Waals surface area contributed by atoms with E-state index in [1.165, 1.54) is 25.3 Å². The molecular formula is C18H22ClN3O5. The summed E-state index contributed by atoms with van der Waals surface area (Å²) in [4.78, 5) is 36.9. The monoisotopic (exact) mass is 395 g/mol. The number of anilines is 1. The maximum absolute atomic E-state index is 12.6. The van der Waals surface area contributed by atoms with Crippen LogP contribution in [0.5, 0.6) is 0 Å². The van der Waals surface area contributed by atoms with Crippen LogP contribution in [0.25, 0.3) is 0 Å². The molecule has 1 amide bonds. The lowest BCUT2D eigenvalue weighted by atomic mass is 9.85. The van der Waals surface area contributed by atoms with Crippen LogP contribution in [0, 0.1) is 16.0 Å². The van der Waals surface area contributed by atoms with Gasteiger partial charge in [-0.25, -0.2) is 0 Å². The van der Waals surface area contributed by atoms with E-state index in [0.717, 1.165) is 25.7 Å². The molecule has 1 N–H and O–H groups in total.